The number of aliphatic hydroxyl groups excluding tert-OH is 1. The quantitative estimate of drug-likeness (QED) is 0.0170. The van der Waals surface area contributed by atoms with Gasteiger partial charge in [-0.1, -0.05) is 151 Å². The summed E-state index contributed by atoms with van der Waals surface area (Å²) in [5.74, 6) is -10.6. The van der Waals surface area contributed by atoms with Gasteiger partial charge in [-0.05, 0) is 137 Å². The van der Waals surface area contributed by atoms with Crippen molar-refractivity contribution in [3.63, 3.8) is 0 Å². The predicted molar refractivity (Wildman–Crippen MR) is 462 cm³/mol. The highest BCUT2D eigenvalue weighted by atomic mass is 35.5. The SMILES string of the molecule is COc1cc2cc(c1Cl)N(C)C(=O)C[C@H](OC(=O)[C@H](C)N(C)C(=O)CCSSC[C@H](NC(=O)[C@@H]1CSSC[C@H](NC(=O)[C@H](N)Cc3ccccc3)C(=O)C[C@@H](Cc3ccc(O)cc3)C(=O)N[C@H](CC3=CCc4ccccc43)C(=O)N[C@@H](CCCCN)C(=O)N[C@@H]([C@@H](C)O)C(=O)N1)C(N)=O)[C@]1(C)O[C@H]1C[C@@H]1C[C@@](O)(NC(=O)O1)[C@H](OC)/C=C/C=C(\C)C2. The lowest BCUT2D eigenvalue weighted by atomic mass is 9.90. The number of primary amides is 1. The van der Waals surface area contributed by atoms with Crippen LogP contribution < -0.4 is 64.1 Å². The van der Waals surface area contributed by atoms with E-state index in [0.717, 1.165) is 75.9 Å². The molecule has 121 heavy (non-hydrogen) atoms. The number of carbonyl (C=O) groups excluding carboxylic acids is 12. The first-order chi connectivity index (χ1) is 57.6. The highest BCUT2D eigenvalue weighted by Gasteiger charge is 2.62. The van der Waals surface area contributed by atoms with Crippen molar-refractivity contribution < 1.29 is 96.5 Å². The number of anilines is 1. The summed E-state index contributed by atoms with van der Waals surface area (Å²) in [5, 5.41) is 52.3. The summed E-state index contributed by atoms with van der Waals surface area (Å²) in [6, 6.07) is 14.4. The van der Waals surface area contributed by atoms with Gasteiger partial charge in [-0.15, -0.1) is 0 Å². The number of phenolic OH excluding ortho intramolecular Hbond substituents is 1. The minimum absolute atomic E-state index is 0.00477. The fourth-order valence-electron chi connectivity index (χ4n) is 14.5. The van der Waals surface area contributed by atoms with E-state index in [0.29, 0.717) is 36.1 Å². The third-order valence-corrected chi connectivity index (χ3v) is 27.1. The van der Waals surface area contributed by atoms with Crippen LogP contribution in [0.15, 0.2) is 121 Å². The van der Waals surface area contributed by atoms with Crippen molar-refractivity contribution in [3.05, 3.63) is 154 Å². The van der Waals surface area contributed by atoms with Crippen molar-refractivity contribution in [2.75, 3.05) is 62.8 Å². The number of carbonyl (C=O) groups is 12. The Balaban J connectivity index is 0.904. The van der Waals surface area contributed by atoms with Gasteiger partial charge >= 0.3 is 12.1 Å². The third-order valence-electron chi connectivity index (χ3n) is 21.8. The number of amides is 10. The number of esters is 1. The van der Waals surface area contributed by atoms with E-state index in [-0.39, 0.29) is 97.4 Å². The molecule has 4 aliphatic heterocycles. The molecule has 37 heteroatoms. The van der Waals surface area contributed by atoms with E-state index >= 15 is 14.4 Å². The number of hydrogen-bond acceptors (Lipinski definition) is 26. The van der Waals surface area contributed by atoms with Gasteiger partial charge in [0.1, 0.15) is 76.7 Å². The average molecular weight is 1770 g/mol. The van der Waals surface area contributed by atoms with Crippen LogP contribution in [0, 0.1) is 5.92 Å². The second-order valence-corrected chi connectivity index (χ2v) is 36.5. The first-order valence-corrected chi connectivity index (χ1v) is 45.2. The fraction of sp³-hybridized carbons (Fsp3) is 0.500. The summed E-state index contributed by atoms with van der Waals surface area (Å²) >= 11 is 6.87. The number of nitrogens with one attached hydrogen (secondary N) is 7. The molecule has 32 nitrogen and oxygen atoms in total. The molecule has 0 spiro atoms. The molecule has 5 aliphatic rings. The summed E-state index contributed by atoms with van der Waals surface area (Å²) in [6.45, 7) is 6.36. The number of fused-ring (bicyclic) bond motifs is 6. The number of ketones is 1. The van der Waals surface area contributed by atoms with E-state index in [2.05, 4.69) is 37.2 Å². The number of nitrogens with two attached hydrogens (primary N) is 3. The number of halogens is 1. The molecule has 3 saturated heterocycles. The van der Waals surface area contributed by atoms with Crippen LogP contribution in [-0.4, -0.2) is 239 Å². The summed E-state index contributed by atoms with van der Waals surface area (Å²) in [5.41, 5.74) is 20.6. The van der Waals surface area contributed by atoms with E-state index < -0.39 is 180 Å². The van der Waals surface area contributed by atoms with Crippen molar-refractivity contribution in [3.8, 4) is 11.5 Å². The maximum absolute atomic E-state index is 15.1. The molecule has 0 aromatic heterocycles. The zero-order valence-corrected chi connectivity index (χ0v) is 72.7. The van der Waals surface area contributed by atoms with Crippen LogP contribution in [0.3, 0.4) is 0 Å². The Morgan fingerprint density at radius 2 is 1.56 bits per heavy atom. The molecule has 16 N–H and O–H groups in total. The number of likely N-dealkylation sites (N-methyl/N-ethyl adjacent to an activating group) is 1. The summed E-state index contributed by atoms with van der Waals surface area (Å²) in [6.07, 6.45) is 0.456. The number of rotatable bonds is 27. The summed E-state index contributed by atoms with van der Waals surface area (Å²) < 4.78 is 29.4. The number of allylic oxidation sites excluding steroid dienone is 4. The number of alkyl carbamates (subject to hydrolysis) is 1. The average Bonchev–Trinajstić information content (AvgIpc) is 1.59. The van der Waals surface area contributed by atoms with Crippen LogP contribution in [0.1, 0.15) is 113 Å². The smallest absolute Gasteiger partial charge is 0.409 e. The molecule has 0 radical (unpaired) electrons. The molecule has 3 fully saturated rings. The number of unbranched alkanes of at least 4 members (excludes halogenated alkanes) is 1. The van der Waals surface area contributed by atoms with E-state index in [1.807, 2.05) is 43.3 Å². The standard InChI is InChI=1S/C84H109ClN12O20S4/c1-46-17-16-23-67(114-8)84(112)42-56(115-82(111)95-84)40-69-83(4,117-69)68(41-71(102)97(6)64-36-51(33-46)37-66(113-7)72(64)85)116-81(110)47(2)96(5)70(101)30-32-118-119-44-62(74(88)103)92-79(108)63-45-121-120-43-61(91-76(105)58(87)35-49-18-10-9-11-19-49)65(100)39-54(34-50-24-28-55(99)29-25-50)75(104)90-60(38-53-27-26-52-20-12-13-21-57(52)53)78(107)89-59(22-14-15-31-86)77(106)94-73(48(3)98)80(109)93-63/h9-13,16-21,23-25,27-29,36-37,47-48,54,56,58-63,67-69,73,98-99,112H,14-15,22,26,30-35,38-45,86-87H2,1-8H3,(H2,88,103)(H,89,107)(H,90,104)(H,91,105)(H,92,108)(H,93,109)(H,94,106)(H,95,111)/b23-16+,46-17+/t47-,48+,54+,56+,58+,59-,60+,61-,62-,63-,67+,68-,69-,73-,83-,84-/m0/s1. The number of nitrogens with zero attached hydrogens (tertiary/aromatic N) is 2. The van der Waals surface area contributed by atoms with E-state index in [1.54, 1.807) is 73.7 Å². The second kappa shape index (κ2) is 44.7. The lowest BCUT2D eigenvalue weighted by molar-refractivity contribution is -0.162. The molecule has 0 saturated carbocycles. The monoisotopic (exact) mass is 1770 g/mol. The number of ether oxygens (including phenoxy) is 5. The van der Waals surface area contributed by atoms with E-state index in [1.165, 1.54) is 59.2 Å². The lowest BCUT2D eigenvalue weighted by Gasteiger charge is -2.40. The van der Waals surface area contributed by atoms with Gasteiger partial charge in [0.05, 0.1) is 43.5 Å². The maximum atomic E-state index is 15.1. The molecule has 656 valence electrons. The van der Waals surface area contributed by atoms with Gasteiger partial charge in [-0.25, -0.2) is 9.59 Å². The number of epoxide rings is 1. The van der Waals surface area contributed by atoms with Crippen LogP contribution in [0.2, 0.25) is 5.02 Å². The van der Waals surface area contributed by atoms with Gasteiger partial charge in [0.15, 0.2) is 11.5 Å². The van der Waals surface area contributed by atoms with E-state index in [9.17, 15) is 58.5 Å². The first-order valence-electron chi connectivity index (χ1n) is 39.8. The molecule has 10 amide bonds. The normalized spacial score (nSPS) is 26.4. The van der Waals surface area contributed by atoms with Gasteiger partial charge in [-0.3, -0.25) is 53.3 Å². The Bertz CT molecular complexity index is 4490. The van der Waals surface area contributed by atoms with Gasteiger partial charge < -0.3 is 97.9 Å². The Morgan fingerprint density at radius 3 is 2.26 bits per heavy atom. The predicted octanol–water partition coefficient (Wildman–Crippen LogP) is 4.46. The molecule has 9 rings (SSSR count). The van der Waals surface area contributed by atoms with Gasteiger partial charge in [0.25, 0.3) is 0 Å². The highest BCUT2D eigenvalue weighted by Crippen LogP contribution is 2.47. The molecule has 16 atom stereocenters. The molecule has 4 bridgehead atoms. The Morgan fingerprint density at radius 1 is 0.860 bits per heavy atom. The number of aromatic hydroxyl groups is 1. The molecular weight excluding hydrogens is 1660 g/mol. The van der Waals surface area contributed by atoms with Crippen molar-refractivity contribution >= 4 is 137 Å². The molecule has 4 heterocycles. The number of Topliss-reactive ketones (excluding diaryl/α,β-unsaturated/α-hetero) is 1. The molecule has 4 aromatic rings. The Kier molecular flexibility index (Phi) is 35.3. The van der Waals surface area contributed by atoms with Crippen LogP contribution >= 0.6 is 54.8 Å². The highest BCUT2D eigenvalue weighted by molar-refractivity contribution is 8.77. The second-order valence-electron chi connectivity index (χ2n) is 30.9. The van der Waals surface area contributed by atoms with E-state index in [4.69, 9.17) is 52.5 Å². The molecular formula is C84H109ClN12O20S4. The van der Waals surface area contributed by atoms with Gasteiger partial charge in [0.2, 0.25) is 53.2 Å². The number of hydrogen-bond donors (Lipinski definition) is 13. The van der Waals surface area contributed by atoms with Crippen molar-refractivity contribution in [2.24, 2.45) is 23.1 Å². The zero-order valence-electron chi connectivity index (χ0n) is 68.7. The molecule has 1 aliphatic carbocycles. The molecule has 0 unspecified atom stereocenters. The number of phenols is 1. The lowest BCUT2D eigenvalue weighted by Crippen LogP contribution is -2.62. The van der Waals surface area contributed by atoms with Gasteiger partial charge in [-0.2, -0.15) is 0 Å². The molecule has 4 aromatic carbocycles. The largest absolute Gasteiger partial charge is 0.508 e. The summed E-state index contributed by atoms with van der Waals surface area (Å²) in [7, 11) is 9.81. The Hall–Kier alpha value is -9.21. The number of benzene rings is 4. The van der Waals surface area contributed by atoms with Crippen LogP contribution in [0.4, 0.5) is 10.5 Å². The minimum atomic E-state index is -1.93. The van der Waals surface area contributed by atoms with Crippen LogP contribution in [-0.2, 0) is 97.4 Å². The van der Waals surface area contributed by atoms with Crippen LogP contribution in [0.25, 0.3) is 5.57 Å². The van der Waals surface area contributed by atoms with Crippen molar-refractivity contribution in [2.45, 2.75) is 201 Å². The van der Waals surface area contributed by atoms with Crippen LogP contribution in [0.5, 0.6) is 11.5 Å². The van der Waals surface area contributed by atoms with Gasteiger partial charge in [0, 0.05) is 82.2 Å². The van der Waals surface area contributed by atoms with Crippen molar-refractivity contribution in [1.29, 1.82) is 0 Å². The minimum Gasteiger partial charge on any atom is -0.508 e. The summed E-state index contributed by atoms with van der Waals surface area (Å²) in [4.78, 5) is 175. The third kappa shape index (κ3) is 26.7. The fourth-order valence-corrected chi connectivity index (χ4v) is 19.3. The Labute approximate surface area is 723 Å². The zero-order chi connectivity index (χ0) is 88.0. The maximum Gasteiger partial charge on any atom is 0.409 e. The first kappa shape index (κ1) is 95.6. The number of methoxy groups -OCH3 is 2. The topological polar surface area (TPSA) is 484 Å². The van der Waals surface area contributed by atoms with Crippen molar-refractivity contribution in [1.82, 2.24) is 42.1 Å². The number of aliphatic hydroxyl groups is 2.